The fraction of sp³-hybridized carbons (Fsp3) is 0.483. The molecule has 1 aliphatic carbocycles. The minimum atomic E-state index is -1.17. The summed E-state index contributed by atoms with van der Waals surface area (Å²) >= 11 is 0. The molecular weight excluding hydrogens is 517 g/mol. The van der Waals surface area contributed by atoms with Crippen LogP contribution in [-0.2, 0) is 16.0 Å². The molecule has 10 nitrogen and oxygen atoms in total. The number of hydrogen-bond acceptors (Lipinski definition) is 6. The number of halogens is 1. The Balaban J connectivity index is 1.36. The van der Waals surface area contributed by atoms with Crippen LogP contribution in [0.15, 0.2) is 35.9 Å². The Morgan fingerprint density at radius 3 is 2.62 bits per heavy atom. The third-order valence-electron chi connectivity index (χ3n) is 8.78. The van der Waals surface area contributed by atoms with Crippen molar-refractivity contribution in [2.45, 2.75) is 44.4 Å². The highest BCUT2D eigenvalue weighted by atomic mass is 19.1. The smallest absolute Gasteiger partial charge is 0.328 e. The number of aromatic nitrogens is 1. The van der Waals surface area contributed by atoms with E-state index in [9.17, 15) is 23.9 Å². The minimum Gasteiger partial charge on any atom is -0.494 e. The highest BCUT2D eigenvalue weighted by molar-refractivity contribution is 6.08. The number of methoxy groups -OCH3 is 1. The van der Waals surface area contributed by atoms with E-state index in [0.29, 0.717) is 55.9 Å². The average Bonchev–Trinajstić information content (AvgIpc) is 3.36. The standard InChI is InChI=1S/C29H34FN5O5/c1-17(36)33-10-7-32(8-11-33)9-12-34-27(38)29(2)16-21-20-14-24(40-3)22(30)15-23(20)31-25(21)26(35(29)28(34)39)18-5-4-6-19(37)13-18/h4-5,13-15,19,26,31,37H,6-12,16H2,1-3H3/t19?,26-,29+/m1/s1. The lowest BCUT2D eigenvalue weighted by molar-refractivity contribution is -0.133. The van der Waals surface area contributed by atoms with E-state index in [-0.39, 0.29) is 36.6 Å². The van der Waals surface area contributed by atoms with E-state index in [0.717, 1.165) is 10.9 Å². The lowest BCUT2D eigenvalue weighted by Gasteiger charge is -2.43. The molecule has 0 bridgehead atoms. The third kappa shape index (κ3) is 4.10. The molecule has 2 aromatic rings. The predicted molar refractivity (Wildman–Crippen MR) is 145 cm³/mol. The van der Waals surface area contributed by atoms with Crippen LogP contribution < -0.4 is 4.74 Å². The van der Waals surface area contributed by atoms with Crippen molar-refractivity contribution >= 4 is 28.7 Å². The fourth-order valence-electron chi connectivity index (χ4n) is 6.62. The first-order valence-electron chi connectivity index (χ1n) is 13.7. The SMILES string of the molecule is COc1cc2c3c([nH]c2cc1F)[C@@H](C1=CC(O)CC=C1)N1C(=O)N(CCN2CCN(C(C)=O)CC2)C(=O)[C@]1(C)C3. The summed E-state index contributed by atoms with van der Waals surface area (Å²) in [7, 11) is 1.41. The summed E-state index contributed by atoms with van der Waals surface area (Å²) < 4.78 is 19.9. The Bertz CT molecular complexity index is 1460. The largest absolute Gasteiger partial charge is 0.494 e. The molecule has 212 valence electrons. The molecule has 0 spiro atoms. The van der Waals surface area contributed by atoms with Crippen LogP contribution in [0, 0.1) is 5.82 Å². The number of amides is 4. The van der Waals surface area contributed by atoms with Gasteiger partial charge in [0.15, 0.2) is 11.6 Å². The minimum absolute atomic E-state index is 0.0488. The van der Waals surface area contributed by atoms with Crippen molar-refractivity contribution in [3.63, 3.8) is 0 Å². The number of urea groups is 1. The Labute approximate surface area is 231 Å². The van der Waals surface area contributed by atoms with Crippen LogP contribution in [-0.4, -0.2) is 106 Å². The summed E-state index contributed by atoms with van der Waals surface area (Å²) in [5, 5.41) is 11.2. The number of H-pyrrole nitrogens is 1. The van der Waals surface area contributed by atoms with Gasteiger partial charge in [0.25, 0.3) is 5.91 Å². The zero-order chi connectivity index (χ0) is 28.3. The second-order valence-electron chi connectivity index (χ2n) is 11.2. The zero-order valence-electron chi connectivity index (χ0n) is 22.9. The number of aliphatic hydroxyl groups excluding tert-OH is 1. The molecule has 2 saturated heterocycles. The summed E-state index contributed by atoms with van der Waals surface area (Å²) in [5.74, 6) is -0.634. The Hall–Kier alpha value is -3.70. The van der Waals surface area contributed by atoms with Gasteiger partial charge in [0, 0.05) is 75.3 Å². The number of fused-ring (bicyclic) bond motifs is 4. The number of piperazine rings is 1. The van der Waals surface area contributed by atoms with Gasteiger partial charge in [-0.3, -0.25) is 24.3 Å². The average molecular weight is 552 g/mol. The van der Waals surface area contributed by atoms with Gasteiger partial charge in [-0.05, 0) is 30.5 Å². The zero-order valence-corrected chi connectivity index (χ0v) is 22.9. The maximum absolute atomic E-state index is 14.6. The highest BCUT2D eigenvalue weighted by Crippen LogP contribution is 2.50. The van der Waals surface area contributed by atoms with Crippen LogP contribution in [0.3, 0.4) is 0 Å². The Kier molecular flexibility index (Phi) is 6.46. The molecule has 1 unspecified atom stereocenters. The maximum Gasteiger partial charge on any atom is 0.328 e. The summed E-state index contributed by atoms with van der Waals surface area (Å²) in [6, 6.07) is 1.96. The number of nitrogens with one attached hydrogen (secondary N) is 1. The number of carbonyl (C=O) groups is 3. The molecule has 6 rings (SSSR count). The van der Waals surface area contributed by atoms with Gasteiger partial charge in [0.2, 0.25) is 5.91 Å². The molecule has 1 aromatic heterocycles. The Morgan fingerprint density at radius 1 is 1.20 bits per heavy atom. The molecule has 40 heavy (non-hydrogen) atoms. The van der Waals surface area contributed by atoms with Gasteiger partial charge in [0.1, 0.15) is 11.6 Å². The van der Waals surface area contributed by atoms with Crippen molar-refractivity contribution in [3.05, 3.63) is 53.0 Å². The van der Waals surface area contributed by atoms with E-state index in [4.69, 9.17) is 4.74 Å². The molecule has 4 aliphatic rings. The van der Waals surface area contributed by atoms with E-state index in [2.05, 4.69) is 9.88 Å². The van der Waals surface area contributed by atoms with Crippen molar-refractivity contribution in [1.29, 1.82) is 0 Å². The molecule has 0 saturated carbocycles. The van der Waals surface area contributed by atoms with Crippen LogP contribution in [0.4, 0.5) is 9.18 Å². The van der Waals surface area contributed by atoms with Crippen LogP contribution in [0.1, 0.15) is 37.6 Å². The number of ether oxygens (including phenoxy) is 1. The van der Waals surface area contributed by atoms with E-state index in [1.807, 2.05) is 12.2 Å². The first kappa shape index (κ1) is 26.5. The molecule has 4 amide bonds. The van der Waals surface area contributed by atoms with Gasteiger partial charge < -0.3 is 19.7 Å². The highest BCUT2D eigenvalue weighted by Gasteiger charge is 2.60. The van der Waals surface area contributed by atoms with Gasteiger partial charge in [-0.15, -0.1) is 0 Å². The van der Waals surface area contributed by atoms with Crippen molar-refractivity contribution in [1.82, 2.24) is 24.6 Å². The summed E-state index contributed by atoms with van der Waals surface area (Å²) in [6.45, 7) is 6.72. The normalized spacial score (nSPS) is 26.8. The molecule has 2 N–H and O–H groups in total. The number of aromatic amines is 1. The summed E-state index contributed by atoms with van der Waals surface area (Å²) in [4.78, 5) is 50.0. The Morgan fingerprint density at radius 2 is 1.95 bits per heavy atom. The van der Waals surface area contributed by atoms with Crippen LogP contribution in [0.25, 0.3) is 10.9 Å². The molecule has 2 fully saturated rings. The van der Waals surface area contributed by atoms with E-state index in [1.54, 1.807) is 35.8 Å². The van der Waals surface area contributed by atoms with Crippen molar-refractivity contribution < 1.29 is 28.6 Å². The van der Waals surface area contributed by atoms with Gasteiger partial charge in [-0.2, -0.15) is 0 Å². The van der Waals surface area contributed by atoms with Gasteiger partial charge in [-0.25, -0.2) is 9.18 Å². The number of aliphatic hydroxyl groups is 1. The lowest BCUT2D eigenvalue weighted by Crippen LogP contribution is -2.53. The first-order valence-corrected chi connectivity index (χ1v) is 13.7. The maximum atomic E-state index is 14.6. The first-order chi connectivity index (χ1) is 19.1. The van der Waals surface area contributed by atoms with E-state index >= 15 is 0 Å². The molecule has 4 heterocycles. The molecule has 3 aliphatic heterocycles. The van der Waals surface area contributed by atoms with Crippen molar-refractivity contribution in [2.75, 3.05) is 46.4 Å². The number of nitrogens with zero attached hydrogens (tertiary/aromatic N) is 4. The van der Waals surface area contributed by atoms with Crippen molar-refractivity contribution in [3.8, 4) is 5.75 Å². The molecular formula is C29H34FN5O5. The third-order valence-corrected chi connectivity index (χ3v) is 8.78. The van der Waals surface area contributed by atoms with Gasteiger partial charge in [-0.1, -0.05) is 18.2 Å². The van der Waals surface area contributed by atoms with Crippen LogP contribution in [0.2, 0.25) is 0 Å². The van der Waals surface area contributed by atoms with E-state index in [1.165, 1.54) is 18.1 Å². The number of hydrogen-bond donors (Lipinski definition) is 2. The summed E-state index contributed by atoms with van der Waals surface area (Å²) in [5.41, 5.74) is 1.62. The molecule has 1 aromatic carbocycles. The number of benzene rings is 1. The van der Waals surface area contributed by atoms with Crippen LogP contribution in [0.5, 0.6) is 5.75 Å². The van der Waals surface area contributed by atoms with Gasteiger partial charge >= 0.3 is 6.03 Å². The lowest BCUT2D eigenvalue weighted by atomic mass is 9.80. The van der Waals surface area contributed by atoms with Crippen LogP contribution >= 0.6 is 0 Å². The molecule has 11 heteroatoms. The van der Waals surface area contributed by atoms with Crippen molar-refractivity contribution in [2.24, 2.45) is 0 Å². The fourth-order valence-corrected chi connectivity index (χ4v) is 6.62. The monoisotopic (exact) mass is 551 g/mol. The number of carbonyl (C=O) groups excluding carboxylic acids is 3. The second-order valence-corrected chi connectivity index (χ2v) is 11.2. The second kappa shape index (κ2) is 9.74. The summed E-state index contributed by atoms with van der Waals surface area (Å²) in [6.07, 6.45) is 5.47. The van der Waals surface area contributed by atoms with Gasteiger partial charge in [0.05, 0.1) is 13.2 Å². The molecule has 3 atom stereocenters. The number of rotatable bonds is 5. The van der Waals surface area contributed by atoms with E-state index < -0.39 is 23.5 Å². The topological polar surface area (TPSA) is 109 Å². The number of imide groups is 1. The predicted octanol–water partition coefficient (Wildman–Crippen LogP) is 2.35. The quantitative estimate of drug-likeness (QED) is 0.553. The molecule has 0 radical (unpaired) electrons.